The van der Waals surface area contributed by atoms with E-state index in [0.717, 1.165) is 49.0 Å². The number of ether oxygens (including phenoxy) is 1. The number of ketones is 1. The van der Waals surface area contributed by atoms with E-state index < -0.39 is 17.7 Å². The molecule has 1 aliphatic carbocycles. The van der Waals surface area contributed by atoms with Crippen LogP contribution in [0.3, 0.4) is 0 Å². The molecule has 1 saturated heterocycles. The number of nitrogens with zero attached hydrogens (tertiary/aromatic N) is 2. The van der Waals surface area contributed by atoms with Crippen molar-refractivity contribution >= 4 is 17.4 Å². The molecule has 2 heterocycles. The number of aromatic nitrogens is 1. The van der Waals surface area contributed by atoms with Gasteiger partial charge < -0.3 is 14.7 Å². The first-order valence-electron chi connectivity index (χ1n) is 11.8. The zero-order chi connectivity index (χ0) is 23.5. The van der Waals surface area contributed by atoms with Gasteiger partial charge in [0, 0.05) is 24.0 Å². The standard InChI is InChI=1S/C27H32N2O4/c1-17(2)16-33-22-12-11-19(14-18(22)3)25(30)23-24(20-8-7-13-28-15-20)29(27(32)26(23)31)21-9-5-4-6-10-21/h7-8,11-15,17,21,24,30H,4-6,9-10,16H2,1-3H3/b25-23-. The van der Waals surface area contributed by atoms with Gasteiger partial charge in [-0.2, -0.15) is 0 Å². The lowest BCUT2D eigenvalue weighted by atomic mass is 9.91. The average Bonchev–Trinajstić information content (AvgIpc) is 3.09. The van der Waals surface area contributed by atoms with Crippen LogP contribution in [0.5, 0.6) is 5.75 Å². The molecule has 1 amide bonds. The molecule has 6 nitrogen and oxygen atoms in total. The molecular formula is C27H32N2O4. The summed E-state index contributed by atoms with van der Waals surface area (Å²) in [5.41, 5.74) is 2.23. The quantitative estimate of drug-likeness (QED) is 0.374. The molecule has 2 aromatic rings. The van der Waals surface area contributed by atoms with Crippen LogP contribution in [0.2, 0.25) is 0 Å². The van der Waals surface area contributed by atoms with Gasteiger partial charge in [-0.3, -0.25) is 14.6 Å². The fraction of sp³-hybridized carbons (Fsp3) is 0.444. The van der Waals surface area contributed by atoms with Crippen LogP contribution < -0.4 is 4.74 Å². The highest BCUT2D eigenvalue weighted by Crippen LogP contribution is 2.43. The molecule has 33 heavy (non-hydrogen) atoms. The summed E-state index contributed by atoms with van der Waals surface area (Å²) in [6, 6.07) is 8.36. The van der Waals surface area contributed by atoms with Crippen LogP contribution in [0.25, 0.3) is 5.76 Å². The maximum Gasteiger partial charge on any atom is 0.295 e. The molecule has 0 radical (unpaired) electrons. The lowest BCUT2D eigenvalue weighted by molar-refractivity contribution is -0.141. The Morgan fingerprint density at radius 3 is 2.58 bits per heavy atom. The summed E-state index contributed by atoms with van der Waals surface area (Å²) in [5.74, 6) is -0.186. The monoisotopic (exact) mass is 448 g/mol. The highest BCUT2D eigenvalue weighted by molar-refractivity contribution is 6.46. The van der Waals surface area contributed by atoms with Crippen molar-refractivity contribution in [2.24, 2.45) is 5.92 Å². The van der Waals surface area contributed by atoms with Gasteiger partial charge in [-0.05, 0) is 61.1 Å². The fourth-order valence-corrected chi connectivity index (χ4v) is 4.82. The smallest absolute Gasteiger partial charge is 0.295 e. The number of hydrogen-bond donors (Lipinski definition) is 1. The Labute approximate surface area is 195 Å². The number of rotatable bonds is 6. The zero-order valence-electron chi connectivity index (χ0n) is 19.6. The van der Waals surface area contributed by atoms with E-state index in [2.05, 4.69) is 18.8 Å². The Morgan fingerprint density at radius 1 is 1.18 bits per heavy atom. The van der Waals surface area contributed by atoms with E-state index in [4.69, 9.17) is 4.74 Å². The first kappa shape index (κ1) is 23.0. The molecule has 1 unspecified atom stereocenters. The van der Waals surface area contributed by atoms with Crippen molar-refractivity contribution < 1.29 is 19.4 Å². The lowest BCUT2D eigenvalue weighted by Crippen LogP contribution is -2.40. The number of carbonyl (C=O) groups is 2. The third kappa shape index (κ3) is 4.65. The minimum atomic E-state index is -0.640. The number of aliphatic hydroxyl groups is 1. The molecule has 1 aromatic heterocycles. The van der Waals surface area contributed by atoms with E-state index in [9.17, 15) is 14.7 Å². The number of benzene rings is 1. The van der Waals surface area contributed by atoms with E-state index in [1.807, 2.05) is 19.1 Å². The van der Waals surface area contributed by atoms with Crippen LogP contribution in [0.1, 0.15) is 68.7 Å². The molecule has 1 N–H and O–H groups in total. The molecule has 1 atom stereocenters. The molecule has 1 aromatic carbocycles. The third-order valence-electron chi connectivity index (χ3n) is 6.47. The van der Waals surface area contributed by atoms with Gasteiger partial charge in [0.1, 0.15) is 11.5 Å². The van der Waals surface area contributed by atoms with Crippen molar-refractivity contribution in [3.8, 4) is 5.75 Å². The molecule has 2 aliphatic rings. The molecule has 4 rings (SSSR count). The van der Waals surface area contributed by atoms with Gasteiger partial charge in [-0.25, -0.2) is 0 Å². The highest BCUT2D eigenvalue weighted by atomic mass is 16.5. The van der Waals surface area contributed by atoms with Gasteiger partial charge in [0.05, 0.1) is 18.2 Å². The summed E-state index contributed by atoms with van der Waals surface area (Å²) >= 11 is 0. The number of aryl methyl sites for hydroxylation is 1. The molecular weight excluding hydrogens is 416 g/mol. The Morgan fingerprint density at radius 2 is 1.94 bits per heavy atom. The minimum Gasteiger partial charge on any atom is -0.507 e. The first-order chi connectivity index (χ1) is 15.9. The Kier molecular flexibility index (Phi) is 6.82. The molecule has 1 saturated carbocycles. The zero-order valence-corrected chi connectivity index (χ0v) is 19.6. The molecule has 6 heteroatoms. The first-order valence-corrected chi connectivity index (χ1v) is 11.8. The van der Waals surface area contributed by atoms with Crippen LogP contribution in [0.15, 0.2) is 48.3 Å². The van der Waals surface area contributed by atoms with Gasteiger partial charge in [0.25, 0.3) is 11.7 Å². The predicted molar refractivity (Wildman–Crippen MR) is 127 cm³/mol. The van der Waals surface area contributed by atoms with Crippen LogP contribution in [0, 0.1) is 12.8 Å². The Balaban J connectivity index is 1.77. The Hall–Kier alpha value is -3.15. The summed E-state index contributed by atoms with van der Waals surface area (Å²) in [6.45, 7) is 6.67. The van der Waals surface area contributed by atoms with Crippen molar-refractivity contribution in [3.05, 3.63) is 65.0 Å². The van der Waals surface area contributed by atoms with Gasteiger partial charge >= 0.3 is 0 Å². The second kappa shape index (κ2) is 9.77. The predicted octanol–water partition coefficient (Wildman–Crippen LogP) is 5.18. The van der Waals surface area contributed by atoms with Crippen molar-refractivity contribution in [1.29, 1.82) is 0 Å². The van der Waals surface area contributed by atoms with Crippen LogP contribution in [0.4, 0.5) is 0 Å². The minimum absolute atomic E-state index is 0.0146. The molecule has 0 spiro atoms. The van der Waals surface area contributed by atoms with Crippen molar-refractivity contribution in [2.75, 3.05) is 6.61 Å². The second-order valence-electron chi connectivity index (χ2n) is 9.47. The largest absolute Gasteiger partial charge is 0.507 e. The number of hydrogen-bond acceptors (Lipinski definition) is 5. The maximum absolute atomic E-state index is 13.2. The number of amides is 1. The number of Topliss-reactive ketones (excluding diaryl/α,β-unsaturated/α-hetero) is 1. The molecule has 2 fully saturated rings. The average molecular weight is 449 g/mol. The SMILES string of the molecule is Cc1cc(/C(O)=C2/C(=O)C(=O)N(C3CCCCC3)C2c2cccnc2)ccc1OCC(C)C. The number of pyridine rings is 1. The van der Waals surface area contributed by atoms with E-state index in [1.165, 1.54) is 0 Å². The summed E-state index contributed by atoms with van der Waals surface area (Å²) < 4.78 is 5.85. The van der Waals surface area contributed by atoms with Crippen molar-refractivity contribution in [3.63, 3.8) is 0 Å². The van der Waals surface area contributed by atoms with E-state index in [-0.39, 0.29) is 17.4 Å². The Bertz CT molecular complexity index is 1060. The van der Waals surface area contributed by atoms with Crippen LogP contribution in [-0.2, 0) is 9.59 Å². The van der Waals surface area contributed by atoms with Gasteiger partial charge in [-0.15, -0.1) is 0 Å². The van der Waals surface area contributed by atoms with E-state index in [0.29, 0.717) is 18.1 Å². The molecule has 0 bridgehead atoms. The van der Waals surface area contributed by atoms with E-state index in [1.54, 1.807) is 35.5 Å². The van der Waals surface area contributed by atoms with Gasteiger partial charge in [0.2, 0.25) is 0 Å². The topological polar surface area (TPSA) is 79.7 Å². The van der Waals surface area contributed by atoms with Crippen molar-refractivity contribution in [2.45, 2.75) is 65.0 Å². The number of carbonyl (C=O) groups excluding carboxylic acids is 2. The normalized spacial score (nSPS) is 21.1. The second-order valence-corrected chi connectivity index (χ2v) is 9.47. The summed E-state index contributed by atoms with van der Waals surface area (Å²) in [6.07, 6.45) is 8.27. The maximum atomic E-state index is 13.2. The summed E-state index contributed by atoms with van der Waals surface area (Å²) in [7, 11) is 0. The fourth-order valence-electron chi connectivity index (χ4n) is 4.82. The number of likely N-dealkylation sites (tertiary alicyclic amines) is 1. The lowest BCUT2D eigenvalue weighted by Gasteiger charge is -2.35. The van der Waals surface area contributed by atoms with Crippen molar-refractivity contribution in [1.82, 2.24) is 9.88 Å². The van der Waals surface area contributed by atoms with E-state index >= 15 is 0 Å². The molecule has 174 valence electrons. The van der Waals surface area contributed by atoms with Gasteiger partial charge in [0.15, 0.2) is 0 Å². The van der Waals surface area contributed by atoms with Gasteiger partial charge in [-0.1, -0.05) is 39.2 Å². The summed E-state index contributed by atoms with van der Waals surface area (Å²) in [5, 5.41) is 11.3. The van der Waals surface area contributed by atoms with Crippen LogP contribution >= 0.6 is 0 Å². The highest BCUT2D eigenvalue weighted by Gasteiger charge is 2.48. The summed E-state index contributed by atoms with van der Waals surface area (Å²) in [4.78, 5) is 32.3. The molecule has 1 aliphatic heterocycles. The third-order valence-corrected chi connectivity index (χ3v) is 6.47. The number of aliphatic hydroxyl groups excluding tert-OH is 1. The van der Waals surface area contributed by atoms with Crippen LogP contribution in [-0.4, -0.2) is 39.3 Å².